The molecule has 2 aromatic carbocycles. The minimum absolute atomic E-state index is 0.00300. The van der Waals surface area contributed by atoms with Gasteiger partial charge in [-0.2, -0.15) is 4.31 Å². The molecule has 0 radical (unpaired) electrons. The van der Waals surface area contributed by atoms with Crippen molar-refractivity contribution in [2.75, 3.05) is 31.5 Å². The third-order valence-electron chi connectivity index (χ3n) is 7.21. The van der Waals surface area contributed by atoms with Gasteiger partial charge in [0.2, 0.25) is 21.8 Å². The summed E-state index contributed by atoms with van der Waals surface area (Å²) in [7, 11) is -3.56. The number of amides is 2. The number of sulfonamides is 1. The van der Waals surface area contributed by atoms with Crippen LogP contribution < -0.4 is 5.32 Å². The molecule has 2 heterocycles. The summed E-state index contributed by atoms with van der Waals surface area (Å²) in [6.45, 7) is 5.97. The van der Waals surface area contributed by atoms with E-state index in [0.717, 1.165) is 11.3 Å². The maximum absolute atomic E-state index is 13.1. The number of carbonyl (C=O) groups excluding carboxylic acids is 2. The number of hydrogen-bond acceptors (Lipinski definition) is 4. The summed E-state index contributed by atoms with van der Waals surface area (Å²) in [6, 6.07) is 16.5. The third kappa shape index (κ3) is 5.93. The Bertz CT molecular complexity index is 1120. The number of nitrogens with one attached hydrogen (secondary N) is 1. The largest absolute Gasteiger partial charge is 0.342 e. The first-order valence-corrected chi connectivity index (χ1v) is 13.9. The molecule has 2 saturated heterocycles. The van der Waals surface area contributed by atoms with Crippen molar-refractivity contribution in [1.29, 1.82) is 0 Å². The highest BCUT2D eigenvalue weighted by Crippen LogP contribution is 2.28. The van der Waals surface area contributed by atoms with E-state index in [1.807, 2.05) is 47.4 Å². The van der Waals surface area contributed by atoms with E-state index in [0.29, 0.717) is 62.7 Å². The van der Waals surface area contributed by atoms with Crippen LogP contribution in [0, 0.1) is 11.8 Å². The smallest absolute Gasteiger partial charge is 0.243 e. The predicted octanol–water partition coefficient (Wildman–Crippen LogP) is 4.09. The molecule has 0 aromatic heterocycles. The number of rotatable bonds is 6. The van der Waals surface area contributed by atoms with Gasteiger partial charge in [0.1, 0.15) is 0 Å². The molecule has 0 atom stereocenters. The van der Waals surface area contributed by atoms with Gasteiger partial charge in [0.15, 0.2) is 0 Å². The number of carbonyl (C=O) groups is 2. The minimum Gasteiger partial charge on any atom is -0.342 e. The molecule has 0 spiro atoms. The van der Waals surface area contributed by atoms with E-state index in [1.165, 1.54) is 4.31 Å². The van der Waals surface area contributed by atoms with Gasteiger partial charge in [-0.3, -0.25) is 9.59 Å². The molecule has 8 heteroatoms. The highest BCUT2D eigenvalue weighted by Gasteiger charge is 2.35. The molecule has 2 aromatic rings. The van der Waals surface area contributed by atoms with Gasteiger partial charge < -0.3 is 10.2 Å². The molecule has 0 saturated carbocycles. The van der Waals surface area contributed by atoms with Crippen LogP contribution in [0.5, 0.6) is 0 Å². The van der Waals surface area contributed by atoms with Crippen LogP contribution in [-0.2, 0) is 19.6 Å². The Kier molecular flexibility index (Phi) is 7.91. The van der Waals surface area contributed by atoms with Crippen molar-refractivity contribution in [2.45, 2.75) is 50.3 Å². The summed E-state index contributed by atoms with van der Waals surface area (Å²) in [5.41, 5.74) is 1.89. The highest BCUT2D eigenvalue weighted by atomic mass is 32.2. The maximum Gasteiger partial charge on any atom is 0.243 e. The van der Waals surface area contributed by atoms with E-state index in [4.69, 9.17) is 0 Å². The Balaban J connectivity index is 1.26. The topological polar surface area (TPSA) is 86.8 Å². The molecule has 7 nitrogen and oxygen atoms in total. The van der Waals surface area contributed by atoms with Crippen LogP contribution in [0.3, 0.4) is 0 Å². The van der Waals surface area contributed by atoms with Gasteiger partial charge in [-0.25, -0.2) is 8.42 Å². The summed E-state index contributed by atoms with van der Waals surface area (Å²) in [4.78, 5) is 27.8. The molecule has 188 valence electrons. The zero-order chi connectivity index (χ0) is 25.0. The summed E-state index contributed by atoms with van der Waals surface area (Å²) >= 11 is 0. The van der Waals surface area contributed by atoms with Gasteiger partial charge in [0.05, 0.1) is 4.90 Å². The fourth-order valence-electron chi connectivity index (χ4n) is 4.90. The normalized spacial score (nSPS) is 18.5. The van der Waals surface area contributed by atoms with E-state index in [1.54, 1.807) is 12.1 Å². The summed E-state index contributed by atoms with van der Waals surface area (Å²) in [5.74, 6) is 0.165. The zero-order valence-corrected chi connectivity index (χ0v) is 21.3. The molecule has 0 unspecified atom stereocenters. The second-order valence-electron chi connectivity index (χ2n) is 9.86. The van der Waals surface area contributed by atoms with Crippen molar-refractivity contribution in [3.63, 3.8) is 0 Å². The fourth-order valence-corrected chi connectivity index (χ4v) is 6.37. The van der Waals surface area contributed by atoms with Crippen LogP contribution in [0.4, 0.5) is 5.69 Å². The lowest BCUT2D eigenvalue weighted by molar-refractivity contribution is -0.139. The van der Waals surface area contributed by atoms with Gasteiger partial charge in [-0.15, -0.1) is 0 Å². The SMILES string of the molecule is CC(C)c1ccc(S(=O)(=O)N2CCC(C(=O)N3CCC(C(=O)Nc4ccccc4)CC3)CC2)cc1. The molecule has 2 fully saturated rings. The Labute approximate surface area is 208 Å². The molecular weight excluding hydrogens is 462 g/mol. The van der Waals surface area contributed by atoms with Gasteiger partial charge in [-0.1, -0.05) is 44.2 Å². The van der Waals surface area contributed by atoms with Crippen molar-refractivity contribution in [3.8, 4) is 0 Å². The predicted molar refractivity (Wildman–Crippen MR) is 136 cm³/mol. The van der Waals surface area contributed by atoms with Gasteiger partial charge in [0, 0.05) is 43.7 Å². The number of likely N-dealkylation sites (tertiary alicyclic amines) is 1. The lowest BCUT2D eigenvalue weighted by atomic mass is 9.92. The van der Waals surface area contributed by atoms with Crippen LogP contribution in [0.2, 0.25) is 0 Å². The summed E-state index contributed by atoms with van der Waals surface area (Å²) < 4.78 is 27.6. The quantitative estimate of drug-likeness (QED) is 0.651. The second kappa shape index (κ2) is 10.9. The molecule has 0 aliphatic carbocycles. The molecule has 2 aliphatic heterocycles. The van der Waals surface area contributed by atoms with Gasteiger partial charge in [0.25, 0.3) is 0 Å². The summed E-state index contributed by atoms with van der Waals surface area (Å²) in [5, 5.41) is 2.96. The minimum atomic E-state index is -3.56. The first-order valence-electron chi connectivity index (χ1n) is 12.5. The van der Waals surface area contributed by atoms with Crippen LogP contribution in [0.25, 0.3) is 0 Å². The van der Waals surface area contributed by atoms with Crippen molar-refractivity contribution in [1.82, 2.24) is 9.21 Å². The molecule has 4 rings (SSSR count). The number of anilines is 1. The molecule has 1 N–H and O–H groups in total. The Morgan fingerprint density at radius 1 is 0.829 bits per heavy atom. The maximum atomic E-state index is 13.1. The second-order valence-corrected chi connectivity index (χ2v) is 11.8. The lowest BCUT2D eigenvalue weighted by Gasteiger charge is -2.36. The van der Waals surface area contributed by atoms with E-state index in [9.17, 15) is 18.0 Å². The Hall–Kier alpha value is -2.71. The van der Waals surface area contributed by atoms with Crippen molar-refractivity contribution < 1.29 is 18.0 Å². The standard InChI is InChI=1S/C27H35N3O4S/c1-20(2)21-8-10-25(11-9-21)35(33,34)30-18-14-23(15-19-30)27(32)29-16-12-22(13-17-29)26(31)28-24-6-4-3-5-7-24/h3-11,20,22-23H,12-19H2,1-2H3,(H,28,31). The van der Waals surface area contributed by atoms with Crippen molar-refractivity contribution in [3.05, 3.63) is 60.2 Å². The molecule has 0 bridgehead atoms. The average Bonchev–Trinajstić information content (AvgIpc) is 2.89. The summed E-state index contributed by atoms with van der Waals surface area (Å²) in [6.07, 6.45) is 2.33. The first kappa shape index (κ1) is 25.4. The number of benzene rings is 2. The molecule has 2 amide bonds. The van der Waals surface area contributed by atoms with E-state index >= 15 is 0 Å². The van der Waals surface area contributed by atoms with Crippen LogP contribution in [0.15, 0.2) is 59.5 Å². The van der Waals surface area contributed by atoms with Gasteiger partial charge in [-0.05, 0) is 61.4 Å². The Morgan fingerprint density at radius 2 is 1.40 bits per heavy atom. The first-order chi connectivity index (χ1) is 16.8. The van der Waals surface area contributed by atoms with Crippen molar-refractivity contribution >= 4 is 27.5 Å². The monoisotopic (exact) mass is 497 g/mol. The third-order valence-corrected chi connectivity index (χ3v) is 9.12. The van der Waals surface area contributed by atoms with Crippen LogP contribution in [-0.4, -0.2) is 55.6 Å². The average molecular weight is 498 g/mol. The molecule has 35 heavy (non-hydrogen) atoms. The zero-order valence-electron chi connectivity index (χ0n) is 20.5. The van der Waals surface area contributed by atoms with Crippen molar-refractivity contribution in [2.24, 2.45) is 11.8 Å². The van der Waals surface area contributed by atoms with Crippen LogP contribution >= 0.6 is 0 Å². The number of nitrogens with zero attached hydrogens (tertiary/aromatic N) is 2. The molecule has 2 aliphatic rings. The van der Waals surface area contributed by atoms with E-state index in [-0.39, 0.29) is 23.7 Å². The van der Waals surface area contributed by atoms with E-state index < -0.39 is 10.0 Å². The fraction of sp³-hybridized carbons (Fsp3) is 0.481. The van der Waals surface area contributed by atoms with Crippen LogP contribution in [0.1, 0.15) is 51.0 Å². The Morgan fingerprint density at radius 3 is 1.97 bits per heavy atom. The highest BCUT2D eigenvalue weighted by molar-refractivity contribution is 7.89. The molecular formula is C27H35N3O4S. The number of para-hydroxylation sites is 1. The lowest BCUT2D eigenvalue weighted by Crippen LogP contribution is -2.47. The van der Waals surface area contributed by atoms with Gasteiger partial charge >= 0.3 is 0 Å². The number of hydrogen-bond donors (Lipinski definition) is 1. The van der Waals surface area contributed by atoms with E-state index in [2.05, 4.69) is 19.2 Å². The number of piperidine rings is 2.